The number of rotatable bonds is 7. The van der Waals surface area contributed by atoms with E-state index in [0.29, 0.717) is 6.54 Å². The van der Waals surface area contributed by atoms with Crippen molar-refractivity contribution in [1.82, 2.24) is 5.32 Å². The number of aliphatic hydroxyl groups is 1. The van der Waals surface area contributed by atoms with Gasteiger partial charge in [-0.05, 0) is 62.1 Å². The number of ether oxygens (including phenoxy) is 1. The number of benzene rings is 1. The maximum absolute atomic E-state index is 8.85. The number of hydrogen-bond donors (Lipinski definition) is 3. The lowest BCUT2D eigenvalue weighted by Crippen LogP contribution is -2.37. The Hall–Kier alpha value is -1.10. The van der Waals surface area contributed by atoms with Gasteiger partial charge in [-0.3, -0.25) is 0 Å². The normalized spacial score (nSPS) is 12.5. The lowest BCUT2D eigenvalue weighted by Gasteiger charge is -2.16. The maximum atomic E-state index is 8.85. The van der Waals surface area contributed by atoms with E-state index in [1.54, 1.807) is 7.11 Å². The molecule has 1 aromatic carbocycles. The first-order valence-electron chi connectivity index (χ1n) is 6.72. The summed E-state index contributed by atoms with van der Waals surface area (Å²) >= 11 is 0. The molecule has 0 radical (unpaired) electrons. The van der Waals surface area contributed by atoms with Crippen LogP contribution in [-0.2, 0) is 6.42 Å². The molecule has 0 saturated carbocycles. The molecule has 0 saturated heterocycles. The van der Waals surface area contributed by atoms with E-state index in [1.807, 2.05) is 0 Å². The van der Waals surface area contributed by atoms with Gasteiger partial charge in [0.15, 0.2) is 0 Å². The Bertz CT molecular complexity index is 419. The van der Waals surface area contributed by atoms with Crippen LogP contribution in [0.5, 0.6) is 5.75 Å². The fraction of sp³-hybridized carbons (Fsp3) is 0.600. The van der Waals surface area contributed by atoms with Crippen LogP contribution in [0.25, 0.3) is 0 Å². The van der Waals surface area contributed by atoms with Crippen molar-refractivity contribution < 1.29 is 9.84 Å². The second-order valence-corrected chi connectivity index (χ2v) is 5.02. The summed E-state index contributed by atoms with van der Waals surface area (Å²) in [5.41, 5.74) is 10.8. The van der Waals surface area contributed by atoms with Crippen LogP contribution in [0, 0.1) is 20.8 Å². The molecule has 4 nitrogen and oxygen atoms in total. The van der Waals surface area contributed by atoms with Gasteiger partial charge >= 0.3 is 0 Å². The summed E-state index contributed by atoms with van der Waals surface area (Å²) in [5, 5.41) is 12.1. The molecule has 1 unspecified atom stereocenters. The van der Waals surface area contributed by atoms with Crippen molar-refractivity contribution in [2.24, 2.45) is 5.73 Å². The van der Waals surface area contributed by atoms with E-state index in [-0.39, 0.29) is 12.6 Å². The van der Waals surface area contributed by atoms with Crippen molar-refractivity contribution in [3.05, 3.63) is 28.3 Å². The van der Waals surface area contributed by atoms with E-state index in [9.17, 15) is 0 Å². The zero-order valence-corrected chi connectivity index (χ0v) is 12.4. The van der Waals surface area contributed by atoms with Gasteiger partial charge in [-0.1, -0.05) is 0 Å². The summed E-state index contributed by atoms with van der Waals surface area (Å²) < 4.78 is 5.37. The van der Waals surface area contributed by atoms with Crippen LogP contribution >= 0.6 is 0 Å². The molecule has 108 valence electrons. The molecular formula is C15H26N2O2. The van der Waals surface area contributed by atoms with Crippen LogP contribution in [-0.4, -0.2) is 38.0 Å². The molecule has 1 atom stereocenters. The fourth-order valence-electron chi connectivity index (χ4n) is 2.26. The molecule has 0 fully saturated rings. The molecule has 19 heavy (non-hydrogen) atoms. The first-order chi connectivity index (χ1) is 9.01. The van der Waals surface area contributed by atoms with Crippen molar-refractivity contribution in [3.63, 3.8) is 0 Å². The highest BCUT2D eigenvalue weighted by Crippen LogP contribution is 2.27. The summed E-state index contributed by atoms with van der Waals surface area (Å²) in [5.74, 6) is 0.953. The van der Waals surface area contributed by atoms with Gasteiger partial charge in [0.2, 0.25) is 0 Å². The second-order valence-electron chi connectivity index (χ2n) is 5.02. The van der Waals surface area contributed by atoms with Crippen molar-refractivity contribution >= 4 is 0 Å². The van der Waals surface area contributed by atoms with Gasteiger partial charge in [0.1, 0.15) is 5.75 Å². The molecule has 0 heterocycles. The maximum Gasteiger partial charge on any atom is 0.122 e. The van der Waals surface area contributed by atoms with Gasteiger partial charge in [0.05, 0.1) is 13.7 Å². The third-order valence-corrected chi connectivity index (χ3v) is 3.62. The highest BCUT2D eigenvalue weighted by atomic mass is 16.5. The Morgan fingerprint density at radius 2 is 2.00 bits per heavy atom. The van der Waals surface area contributed by atoms with E-state index in [4.69, 9.17) is 15.6 Å². The Morgan fingerprint density at radius 1 is 1.32 bits per heavy atom. The van der Waals surface area contributed by atoms with Crippen LogP contribution in [0.1, 0.15) is 22.3 Å². The fourth-order valence-corrected chi connectivity index (χ4v) is 2.26. The molecule has 0 amide bonds. The molecule has 1 rings (SSSR count). The zero-order chi connectivity index (χ0) is 14.4. The zero-order valence-electron chi connectivity index (χ0n) is 12.4. The van der Waals surface area contributed by atoms with E-state index in [1.165, 1.54) is 22.3 Å². The SMILES string of the molecule is COc1cc(C)c(CCNCC(N)CO)c(C)c1C. The summed E-state index contributed by atoms with van der Waals surface area (Å²) in [4.78, 5) is 0. The van der Waals surface area contributed by atoms with Gasteiger partial charge in [-0.2, -0.15) is 0 Å². The first-order valence-corrected chi connectivity index (χ1v) is 6.72. The quantitative estimate of drug-likeness (QED) is 0.646. The average Bonchev–Trinajstić information content (AvgIpc) is 2.41. The molecule has 4 N–H and O–H groups in total. The van der Waals surface area contributed by atoms with E-state index in [2.05, 4.69) is 32.2 Å². The van der Waals surface area contributed by atoms with Crippen LogP contribution < -0.4 is 15.8 Å². The standard InChI is InChI=1S/C15H26N2O2/c1-10-7-15(19-4)12(3)11(2)14(10)5-6-17-8-13(16)9-18/h7,13,17-18H,5-6,8-9,16H2,1-4H3. The minimum atomic E-state index is -0.181. The van der Waals surface area contributed by atoms with Crippen molar-refractivity contribution in [2.75, 3.05) is 26.8 Å². The topological polar surface area (TPSA) is 67.5 Å². The summed E-state index contributed by atoms with van der Waals surface area (Å²) in [6.45, 7) is 7.87. The molecule has 0 spiro atoms. The number of nitrogens with two attached hydrogens (primary N) is 1. The molecule has 0 bridgehead atoms. The van der Waals surface area contributed by atoms with Gasteiger partial charge in [0, 0.05) is 12.6 Å². The predicted molar refractivity (Wildman–Crippen MR) is 78.8 cm³/mol. The number of aryl methyl sites for hydroxylation is 1. The smallest absolute Gasteiger partial charge is 0.122 e. The lowest BCUT2D eigenvalue weighted by atomic mass is 9.95. The number of nitrogens with one attached hydrogen (secondary N) is 1. The van der Waals surface area contributed by atoms with Gasteiger partial charge < -0.3 is 20.9 Å². The predicted octanol–water partition coefficient (Wildman–Crippen LogP) is 1.07. The average molecular weight is 266 g/mol. The van der Waals surface area contributed by atoms with Crippen LogP contribution in [0.2, 0.25) is 0 Å². The molecule has 0 aromatic heterocycles. The monoisotopic (exact) mass is 266 g/mol. The van der Waals surface area contributed by atoms with Gasteiger partial charge in [-0.15, -0.1) is 0 Å². The van der Waals surface area contributed by atoms with Crippen molar-refractivity contribution in [3.8, 4) is 5.75 Å². The highest BCUT2D eigenvalue weighted by molar-refractivity contribution is 5.48. The molecule has 0 aliphatic rings. The largest absolute Gasteiger partial charge is 0.496 e. The summed E-state index contributed by atoms with van der Waals surface area (Å²) in [7, 11) is 1.71. The molecule has 0 aliphatic carbocycles. The molecule has 1 aromatic rings. The van der Waals surface area contributed by atoms with Gasteiger partial charge in [-0.25, -0.2) is 0 Å². The number of hydrogen-bond acceptors (Lipinski definition) is 4. The van der Waals surface area contributed by atoms with Crippen molar-refractivity contribution in [2.45, 2.75) is 33.2 Å². The third kappa shape index (κ3) is 4.20. The summed E-state index contributed by atoms with van der Waals surface area (Å²) in [6, 6.07) is 1.91. The van der Waals surface area contributed by atoms with E-state index >= 15 is 0 Å². The molecule has 4 heteroatoms. The van der Waals surface area contributed by atoms with Crippen LogP contribution in [0.15, 0.2) is 6.07 Å². The third-order valence-electron chi connectivity index (χ3n) is 3.62. The highest BCUT2D eigenvalue weighted by Gasteiger charge is 2.10. The number of methoxy groups -OCH3 is 1. The Labute approximate surface area is 116 Å². The minimum Gasteiger partial charge on any atom is -0.496 e. The van der Waals surface area contributed by atoms with E-state index in [0.717, 1.165) is 18.7 Å². The molecule has 0 aliphatic heterocycles. The molecular weight excluding hydrogens is 240 g/mol. The summed E-state index contributed by atoms with van der Waals surface area (Å²) in [6.07, 6.45) is 0.959. The minimum absolute atomic E-state index is 0.0205. The van der Waals surface area contributed by atoms with E-state index < -0.39 is 0 Å². The Balaban J connectivity index is 2.66. The Kier molecular flexibility index (Phi) is 6.28. The van der Waals surface area contributed by atoms with Gasteiger partial charge in [0.25, 0.3) is 0 Å². The van der Waals surface area contributed by atoms with Crippen LogP contribution in [0.4, 0.5) is 0 Å². The van der Waals surface area contributed by atoms with Crippen LogP contribution in [0.3, 0.4) is 0 Å². The second kappa shape index (κ2) is 7.48. The number of aliphatic hydroxyl groups excluding tert-OH is 1. The lowest BCUT2D eigenvalue weighted by molar-refractivity contribution is 0.262. The Morgan fingerprint density at radius 3 is 2.58 bits per heavy atom. The first kappa shape index (κ1) is 16.0. The van der Waals surface area contributed by atoms with Crippen molar-refractivity contribution in [1.29, 1.82) is 0 Å².